The summed E-state index contributed by atoms with van der Waals surface area (Å²) in [6, 6.07) is 9.39. The highest BCUT2D eigenvalue weighted by Gasteiger charge is 2.38. The Labute approximate surface area is 183 Å². The number of benzene rings is 1. The molecule has 30 heavy (non-hydrogen) atoms. The van der Waals surface area contributed by atoms with Crippen molar-refractivity contribution in [1.29, 1.82) is 0 Å². The highest BCUT2D eigenvalue weighted by atomic mass is 35.5. The number of rotatable bonds is 7. The molecule has 2 heterocycles. The number of nitrogens with zero attached hydrogens (tertiary/aromatic N) is 1. The molecule has 2 amide bonds. The maximum atomic E-state index is 13.1. The van der Waals surface area contributed by atoms with Crippen LogP contribution in [-0.4, -0.2) is 43.8 Å². The van der Waals surface area contributed by atoms with Gasteiger partial charge in [0.1, 0.15) is 17.3 Å². The van der Waals surface area contributed by atoms with Crippen LogP contribution < -0.4 is 10.1 Å². The van der Waals surface area contributed by atoms with Crippen LogP contribution in [0.3, 0.4) is 0 Å². The van der Waals surface area contributed by atoms with Gasteiger partial charge in [0.25, 0.3) is 0 Å². The van der Waals surface area contributed by atoms with Crippen LogP contribution in [0.15, 0.2) is 34.7 Å². The molecule has 164 valence electrons. The molecular formula is C23H31ClN2O4. The summed E-state index contributed by atoms with van der Waals surface area (Å²) in [5.41, 5.74) is 0.715. The number of hydrogen-bond donors (Lipinski definition) is 1. The maximum Gasteiger partial charge on any atom is 0.318 e. The largest absolute Gasteiger partial charge is 0.496 e. The average molecular weight is 435 g/mol. The molecule has 0 spiro atoms. The summed E-state index contributed by atoms with van der Waals surface area (Å²) < 4.78 is 16.9. The zero-order chi connectivity index (χ0) is 21.7. The molecule has 0 atom stereocenters. The van der Waals surface area contributed by atoms with Gasteiger partial charge in [-0.15, -0.1) is 0 Å². The van der Waals surface area contributed by atoms with Gasteiger partial charge in [-0.2, -0.15) is 0 Å². The number of nitrogens with one attached hydrogen (secondary N) is 1. The first-order valence-corrected chi connectivity index (χ1v) is 10.7. The molecule has 1 N–H and O–H groups in total. The van der Waals surface area contributed by atoms with E-state index in [2.05, 4.69) is 5.32 Å². The second-order valence-corrected chi connectivity index (χ2v) is 8.57. The lowest BCUT2D eigenvalue weighted by molar-refractivity contribution is 0.0490. The standard InChI is InChI=1S/C23H31ClN2O4/c1-16(2)26(14-19-7-5-17(3)30-19)22(27)25-15-23(9-11-29-12-10-23)20-13-18(24)6-8-21(20)28-4/h5-8,13,16H,9-12,14-15H2,1-4H3,(H,25,27). The number of urea groups is 1. The summed E-state index contributed by atoms with van der Waals surface area (Å²) in [6.45, 7) is 8.06. The Morgan fingerprint density at radius 1 is 1.27 bits per heavy atom. The zero-order valence-corrected chi connectivity index (χ0v) is 18.9. The van der Waals surface area contributed by atoms with E-state index in [1.807, 2.05) is 51.1 Å². The minimum atomic E-state index is -0.298. The van der Waals surface area contributed by atoms with Crippen molar-refractivity contribution in [2.45, 2.75) is 51.6 Å². The first kappa shape index (κ1) is 22.5. The van der Waals surface area contributed by atoms with Gasteiger partial charge in [0.15, 0.2) is 0 Å². The van der Waals surface area contributed by atoms with E-state index < -0.39 is 0 Å². The number of carbonyl (C=O) groups excluding carboxylic acids is 1. The predicted octanol–water partition coefficient (Wildman–Crippen LogP) is 4.92. The monoisotopic (exact) mass is 434 g/mol. The van der Waals surface area contributed by atoms with E-state index in [-0.39, 0.29) is 17.5 Å². The van der Waals surface area contributed by atoms with Gasteiger partial charge in [0.2, 0.25) is 0 Å². The fourth-order valence-corrected chi connectivity index (χ4v) is 4.14. The summed E-state index contributed by atoms with van der Waals surface area (Å²) in [5, 5.41) is 3.81. The fraction of sp³-hybridized carbons (Fsp3) is 0.522. The number of methoxy groups -OCH3 is 1. The summed E-state index contributed by atoms with van der Waals surface area (Å²) in [7, 11) is 1.66. The normalized spacial score (nSPS) is 15.8. The molecule has 1 saturated heterocycles. The van der Waals surface area contributed by atoms with E-state index in [0.29, 0.717) is 31.3 Å². The Hall–Kier alpha value is -2.18. The molecule has 7 heteroatoms. The van der Waals surface area contributed by atoms with Crippen molar-refractivity contribution in [3.8, 4) is 5.75 Å². The van der Waals surface area contributed by atoms with Crippen LogP contribution in [0.25, 0.3) is 0 Å². The van der Waals surface area contributed by atoms with Crippen molar-refractivity contribution in [1.82, 2.24) is 10.2 Å². The highest BCUT2D eigenvalue weighted by molar-refractivity contribution is 6.30. The van der Waals surface area contributed by atoms with Crippen LogP contribution in [0.1, 0.15) is 43.8 Å². The molecule has 1 aliphatic heterocycles. The van der Waals surface area contributed by atoms with Crippen LogP contribution in [0.5, 0.6) is 5.75 Å². The third-order valence-corrected chi connectivity index (χ3v) is 6.00. The Bertz CT molecular complexity index is 859. The Morgan fingerprint density at radius 3 is 2.60 bits per heavy atom. The summed E-state index contributed by atoms with van der Waals surface area (Å²) >= 11 is 6.31. The third-order valence-electron chi connectivity index (χ3n) is 5.77. The molecule has 3 rings (SSSR count). The minimum absolute atomic E-state index is 0.0294. The second-order valence-electron chi connectivity index (χ2n) is 8.13. The lowest BCUT2D eigenvalue weighted by Gasteiger charge is -2.39. The minimum Gasteiger partial charge on any atom is -0.496 e. The van der Waals surface area contributed by atoms with Crippen molar-refractivity contribution in [3.63, 3.8) is 0 Å². The smallest absolute Gasteiger partial charge is 0.318 e. The molecule has 1 fully saturated rings. The molecule has 0 unspecified atom stereocenters. The van der Waals surface area contributed by atoms with Crippen LogP contribution in [0, 0.1) is 6.92 Å². The van der Waals surface area contributed by atoms with Crippen LogP contribution in [-0.2, 0) is 16.7 Å². The third kappa shape index (κ3) is 5.10. The zero-order valence-electron chi connectivity index (χ0n) is 18.2. The van der Waals surface area contributed by atoms with Crippen LogP contribution in [0.2, 0.25) is 5.02 Å². The van der Waals surface area contributed by atoms with Crippen molar-refractivity contribution >= 4 is 17.6 Å². The van der Waals surface area contributed by atoms with Gasteiger partial charge < -0.3 is 24.1 Å². The van der Waals surface area contributed by atoms with E-state index in [4.69, 9.17) is 25.5 Å². The molecule has 0 radical (unpaired) electrons. The Balaban J connectivity index is 1.80. The lowest BCUT2D eigenvalue weighted by Crippen LogP contribution is -2.50. The van der Waals surface area contributed by atoms with Crippen molar-refractivity contribution in [2.75, 3.05) is 26.9 Å². The summed E-state index contributed by atoms with van der Waals surface area (Å²) in [6.07, 6.45) is 1.56. The van der Waals surface area contributed by atoms with Crippen LogP contribution >= 0.6 is 11.6 Å². The first-order chi connectivity index (χ1) is 14.3. The SMILES string of the molecule is COc1ccc(Cl)cc1C1(CNC(=O)N(Cc2ccc(C)o2)C(C)C)CCOCC1. The molecule has 0 aliphatic carbocycles. The van der Waals surface area contributed by atoms with Gasteiger partial charge in [0.05, 0.1) is 13.7 Å². The van der Waals surface area contributed by atoms with E-state index in [9.17, 15) is 4.79 Å². The molecule has 1 aromatic heterocycles. The molecule has 2 aromatic rings. The van der Waals surface area contributed by atoms with Gasteiger partial charge in [-0.3, -0.25) is 0 Å². The van der Waals surface area contributed by atoms with Gasteiger partial charge >= 0.3 is 6.03 Å². The second kappa shape index (κ2) is 9.75. The topological polar surface area (TPSA) is 63.9 Å². The molecule has 6 nitrogen and oxygen atoms in total. The molecule has 0 bridgehead atoms. The van der Waals surface area contributed by atoms with E-state index in [1.54, 1.807) is 12.0 Å². The Kier molecular flexibility index (Phi) is 7.32. The number of furan rings is 1. The average Bonchev–Trinajstić information content (AvgIpc) is 3.15. The molecule has 1 aromatic carbocycles. The fourth-order valence-electron chi connectivity index (χ4n) is 3.97. The van der Waals surface area contributed by atoms with E-state index in [0.717, 1.165) is 35.7 Å². The van der Waals surface area contributed by atoms with Crippen molar-refractivity contribution in [3.05, 3.63) is 52.4 Å². The molecule has 0 saturated carbocycles. The lowest BCUT2D eigenvalue weighted by atomic mass is 9.73. The quantitative estimate of drug-likeness (QED) is 0.671. The number of carbonyl (C=O) groups is 1. The van der Waals surface area contributed by atoms with Gasteiger partial charge in [-0.1, -0.05) is 11.6 Å². The van der Waals surface area contributed by atoms with Crippen molar-refractivity contribution < 1.29 is 18.7 Å². The van der Waals surface area contributed by atoms with Gasteiger partial charge in [-0.25, -0.2) is 4.79 Å². The number of aryl methyl sites for hydroxylation is 1. The van der Waals surface area contributed by atoms with E-state index in [1.165, 1.54) is 0 Å². The summed E-state index contributed by atoms with van der Waals surface area (Å²) in [4.78, 5) is 14.9. The molecular weight excluding hydrogens is 404 g/mol. The molecule has 1 aliphatic rings. The van der Waals surface area contributed by atoms with Gasteiger partial charge in [0, 0.05) is 41.8 Å². The predicted molar refractivity (Wildman–Crippen MR) is 117 cm³/mol. The van der Waals surface area contributed by atoms with Crippen LogP contribution in [0.4, 0.5) is 4.79 Å². The van der Waals surface area contributed by atoms with Crippen molar-refractivity contribution in [2.24, 2.45) is 0 Å². The Morgan fingerprint density at radius 2 is 2.00 bits per heavy atom. The number of ether oxygens (including phenoxy) is 2. The first-order valence-electron chi connectivity index (χ1n) is 10.4. The highest BCUT2D eigenvalue weighted by Crippen LogP contribution is 2.40. The number of amides is 2. The maximum absolute atomic E-state index is 13.1. The van der Waals surface area contributed by atoms with Gasteiger partial charge in [-0.05, 0) is 63.9 Å². The van der Waals surface area contributed by atoms with E-state index >= 15 is 0 Å². The number of halogens is 1. The summed E-state index contributed by atoms with van der Waals surface area (Å²) in [5.74, 6) is 2.39. The number of hydrogen-bond acceptors (Lipinski definition) is 4.